The summed E-state index contributed by atoms with van der Waals surface area (Å²) >= 11 is 2.03. The van der Waals surface area contributed by atoms with E-state index in [1.165, 1.54) is 36.3 Å². The largest absolute Gasteiger partial charge is 0.490 e. The molecule has 1 aromatic rings. The van der Waals surface area contributed by atoms with Crippen molar-refractivity contribution in [3.8, 4) is 5.75 Å². The SMILES string of the molecule is NCCCCc1ccc(OC2CCSCC2)cc1. The molecule has 0 atom stereocenters. The van der Waals surface area contributed by atoms with Crippen LogP contribution in [0.2, 0.25) is 0 Å². The second kappa shape index (κ2) is 7.70. The zero-order valence-electron chi connectivity index (χ0n) is 10.9. The van der Waals surface area contributed by atoms with E-state index in [0.717, 1.165) is 25.1 Å². The minimum atomic E-state index is 0.425. The molecule has 1 saturated heterocycles. The third-order valence-corrected chi connectivity index (χ3v) is 4.36. The molecule has 1 aliphatic heterocycles. The summed E-state index contributed by atoms with van der Waals surface area (Å²) in [5.74, 6) is 3.50. The Morgan fingerprint density at radius 1 is 1.11 bits per heavy atom. The van der Waals surface area contributed by atoms with Gasteiger partial charge in [0, 0.05) is 0 Å². The van der Waals surface area contributed by atoms with Gasteiger partial charge >= 0.3 is 0 Å². The minimum Gasteiger partial charge on any atom is -0.490 e. The molecule has 18 heavy (non-hydrogen) atoms. The Hall–Kier alpha value is -0.670. The monoisotopic (exact) mass is 265 g/mol. The Labute approximate surface area is 114 Å². The number of aryl methyl sites for hydroxylation is 1. The van der Waals surface area contributed by atoms with Crippen LogP contribution in [0.25, 0.3) is 0 Å². The number of nitrogens with two attached hydrogens (primary N) is 1. The number of unbranched alkanes of at least 4 members (excludes halogenated alkanes) is 1. The maximum absolute atomic E-state index is 6.00. The van der Waals surface area contributed by atoms with Gasteiger partial charge in [0.15, 0.2) is 0 Å². The third kappa shape index (κ3) is 4.54. The molecule has 2 nitrogen and oxygen atoms in total. The van der Waals surface area contributed by atoms with Crippen LogP contribution in [-0.2, 0) is 6.42 Å². The average Bonchev–Trinajstić information content (AvgIpc) is 2.42. The molecule has 0 saturated carbocycles. The second-order valence-corrected chi connectivity index (χ2v) is 6.04. The van der Waals surface area contributed by atoms with Crippen LogP contribution < -0.4 is 10.5 Å². The fourth-order valence-electron chi connectivity index (χ4n) is 2.19. The summed E-state index contributed by atoms with van der Waals surface area (Å²) in [7, 11) is 0. The highest BCUT2D eigenvalue weighted by atomic mass is 32.2. The molecule has 1 aliphatic rings. The van der Waals surface area contributed by atoms with Gasteiger partial charge in [-0.2, -0.15) is 11.8 Å². The Morgan fingerprint density at radius 3 is 2.50 bits per heavy atom. The highest BCUT2D eigenvalue weighted by molar-refractivity contribution is 7.99. The van der Waals surface area contributed by atoms with Crippen LogP contribution in [0.3, 0.4) is 0 Å². The van der Waals surface area contributed by atoms with Crippen LogP contribution in [0.4, 0.5) is 0 Å². The van der Waals surface area contributed by atoms with Gasteiger partial charge in [-0.15, -0.1) is 0 Å². The predicted molar refractivity (Wildman–Crippen MR) is 79.4 cm³/mol. The number of hydrogen-bond acceptors (Lipinski definition) is 3. The lowest BCUT2D eigenvalue weighted by Crippen LogP contribution is -2.21. The van der Waals surface area contributed by atoms with Gasteiger partial charge in [0.1, 0.15) is 11.9 Å². The number of ether oxygens (including phenoxy) is 1. The molecule has 2 N–H and O–H groups in total. The average molecular weight is 265 g/mol. The highest BCUT2D eigenvalue weighted by Gasteiger charge is 2.14. The van der Waals surface area contributed by atoms with E-state index < -0.39 is 0 Å². The van der Waals surface area contributed by atoms with E-state index in [-0.39, 0.29) is 0 Å². The number of rotatable bonds is 6. The maximum Gasteiger partial charge on any atom is 0.119 e. The molecule has 1 fully saturated rings. The van der Waals surface area contributed by atoms with E-state index in [1.54, 1.807) is 0 Å². The Balaban J connectivity index is 1.79. The fourth-order valence-corrected chi connectivity index (χ4v) is 3.26. The molecule has 0 aliphatic carbocycles. The molecule has 2 rings (SSSR count). The topological polar surface area (TPSA) is 35.2 Å². The van der Waals surface area contributed by atoms with Gasteiger partial charge in [0.25, 0.3) is 0 Å². The molecule has 0 aromatic heterocycles. The smallest absolute Gasteiger partial charge is 0.119 e. The van der Waals surface area contributed by atoms with Crippen molar-refractivity contribution >= 4 is 11.8 Å². The molecule has 0 unspecified atom stereocenters. The lowest BCUT2D eigenvalue weighted by atomic mass is 10.1. The van der Waals surface area contributed by atoms with Crippen molar-refractivity contribution in [3.05, 3.63) is 29.8 Å². The Morgan fingerprint density at radius 2 is 1.83 bits per heavy atom. The third-order valence-electron chi connectivity index (χ3n) is 3.31. The van der Waals surface area contributed by atoms with E-state index in [4.69, 9.17) is 10.5 Å². The van der Waals surface area contributed by atoms with E-state index in [1.807, 2.05) is 11.8 Å². The van der Waals surface area contributed by atoms with Crippen LogP contribution in [-0.4, -0.2) is 24.2 Å². The Bertz CT molecular complexity index is 333. The molecular weight excluding hydrogens is 242 g/mol. The van der Waals surface area contributed by atoms with Crippen LogP contribution >= 0.6 is 11.8 Å². The first kappa shape index (κ1) is 13.8. The first-order valence-corrected chi connectivity index (χ1v) is 8.07. The fraction of sp³-hybridized carbons (Fsp3) is 0.600. The van der Waals surface area contributed by atoms with Gasteiger partial charge in [0.2, 0.25) is 0 Å². The van der Waals surface area contributed by atoms with Crippen LogP contribution in [0, 0.1) is 0 Å². The summed E-state index contributed by atoms with van der Waals surface area (Å²) in [6.45, 7) is 0.793. The van der Waals surface area contributed by atoms with Crippen molar-refractivity contribution in [1.82, 2.24) is 0 Å². The van der Waals surface area contributed by atoms with Gasteiger partial charge in [-0.3, -0.25) is 0 Å². The van der Waals surface area contributed by atoms with Crippen molar-refractivity contribution in [2.45, 2.75) is 38.2 Å². The molecule has 0 bridgehead atoms. The molecule has 100 valence electrons. The molecule has 0 spiro atoms. The molecule has 1 aromatic carbocycles. The summed E-state index contributed by atoms with van der Waals surface area (Å²) in [4.78, 5) is 0. The quantitative estimate of drug-likeness (QED) is 0.802. The zero-order chi connectivity index (χ0) is 12.6. The lowest BCUT2D eigenvalue weighted by molar-refractivity contribution is 0.192. The molecule has 0 amide bonds. The highest BCUT2D eigenvalue weighted by Crippen LogP contribution is 2.23. The lowest BCUT2D eigenvalue weighted by Gasteiger charge is -2.22. The van der Waals surface area contributed by atoms with Gasteiger partial charge < -0.3 is 10.5 Å². The minimum absolute atomic E-state index is 0.425. The summed E-state index contributed by atoms with van der Waals surface area (Å²) in [6.07, 6.45) is 6.20. The maximum atomic E-state index is 6.00. The first-order valence-electron chi connectivity index (χ1n) is 6.92. The van der Waals surface area contributed by atoms with E-state index in [9.17, 15) is 0 Å². The first-order chi connectivity index (χ1) is 8.88. The van der Waals surface area contributed by atoms with Crippen molar-refractivity contribution in [2.75, 3.05) is 18.1 Å². The normalized spacial score (nSPS) is 16.7. The molecular formula is C15H23NOS. The van der Waals surface area contributed by atoms with Gasteiger partial charge in [0.05, 0.1) is 0 Å². The number of hydrogen-bond donors (Lipinski definition) is 1. The van der Waals surface area contributed by atoms with Crippen molar-refractivity contribution in [3.63, 3.8) is 0 Å². The predicted octanol–water partition coefficient (Wildman–Crippen LogP) is 3.24. The van der Waals surface area contributed by atoms with Crippen molar-refractivity contribution in [1.29, 1.82) is 0 Å². The summed E-state index contributed by atoms with van der Waals surface area (Å²) < 4.78 is 6.00. The summed E-state index contributed by atoms with van der Waals surface area (Å²) in [5, 5.41) is 0. The summed E-state index contributed by atoms with van der Waals surface area (Å²) in [5.41, 5.74) is 6.88. The number of thioether (sulfide) groups is 1. The second-order valence-electron chi connectivity index (χ2n) is 4.82. The van der Waals surface area contributed by atoms with Gasteiger partial charge in [-0.1, -0.05) is 12.1 Å². The molecule has 1 heterocycles. The number of benzene rings is 1. The van der Waals surface area contributed by atoms with Crippen LogP contribution in [0.5, 0.6) is 5.75 Å². The standard InChI is InChI=1S/C15H23NOS/c16-10-2-1-3-13-4-6-14(7-5-13)17-15-8-11-18-12-9-15/h4-7,15H,1-3,8-12,16H2. The van der Waals surface area contributed by atoms with Gasteiger partial charge in [-0.05, 0) is 67.9 Å². The van der Waals surface area contributed by atoms with Crippen LogP contribution in [0.1, 0.15) is 31.2 Å². The van der Waals surface area contributed by atoms with E-state index in [2.05, 4.69) is 24.3 Å². The zero-order valence-corrected chi connectivity index (χ0v) is 11.8. The van der Waals surface area contributed by atoms with Crippen molar-refractivity contribution in [2.24, 2.45) is 5.73 Å². The van der Waals surface area contributed by atoms with Gasteiger partial charge in [-0.25, -0.2) is 0 Å². The summed E-state index contributed by atoms with van der Waals surface area (Å²) in [6, 6.07) is 8.59. The van der Waals surface area contributed by atoms with Crippen LogP contribution in [0.15, 0.2) is 24.3 Å². The molecule has 3 heteroatoms. The molecule has 0 radical (unpaired) electrons. The van der Waals surface area contributed by atoms with Crippen molar-refractivity contribution < 1.29 is 4.74 Å². The van der Waals surface area contributed by atoms with E-state index in [0.29, 0.717) is 6.10 Å². The Kier molecular flexibility index (Phi) is 5.88. The van der Waals surface area contributed by atoms with E-state index >= 15 is 0 Å².